The Bertz CT molecular complexity index is 306. The summed E-state index contributed by atoms with van der Waals surface area (Å²) < 4.78 is 5.66. The van der Waals surface area contributed by atoms with Gasteiger partial charge in [-0.25, -0.2) is 0 Å². The number of aryl methyl sites for hydroxylation is 1. The SMILES string of the molecule is CCc1ccc(SCC2CNCCO2)cc1. The highest BCUT2D eigenvalue weighted by atomic mass is 32.2. The fourth-order valence-corrected chi connectivity index (χ4v) is 2.66. The number of rotatable bonds is 4. The van der Waals surface area contributed by atoms with Crippen LogP contribution in [0.3, 0.4) is 0 Å². The summed E-state index contributed by atoms with van der Waals surface area (Å²) in [6, 6.07) is 8.84. The fourth-order valence-electron chi connectivity index (χ4n) is 1.74. The molecule has 1 aromatic carbocycles. The normalized spacial score (nSPS) is 20.9. The quantitative estimate of drug-likeness (QED) is 0.812. The van der Waals surface area contributed by atoms with Gasteiger partial charge in [0, 0.05) is 23.7 Å². The Hall–Kier alpha value is -0.510. The van der Waals surface area contributed by atoms with Crippen LogP contribution in [0.15, 0.2) is 29.2 Å². The third-order valence-electron chi connectivity index (χ3n) is 2.77. The third kappa shape index (κ3) is 3.51. The molecule has 1 aromatic rings. The van der Waals surface area contributed by atoms with Gasteiger partial charge in [-0.05, 0) is 24.1 Å². The largest absolute Gasteiger partial charge is 0.375 e. The Morgan fingerprint density at radius 1 is 1.38 bits per heavy atom. The predicted molar refractivity (Wildman–Crippen MR) is 69.2 cm³/mol. The summed E-state index contributed by atoms with van der Waals surface area (Å²) in [7, 11) is 0. The summed E-state index contributed by atoms with van der Waals surface area (Å²) in [6.45, 7) is 5.01. The van der Waals surface area contributed by atoms with Gasteiger partial charge in [0.05, 0.1) is 12.7 Å². The standard InChI is InChI=1S/C13H19NOS/c1-2-11-3-5-13(6-4-11)16-10-12-9-14-7-8-15-12/h3-6,12,14H,2,7-10H2,1H3. The molecule has 1 fully saturated rings. The lowest BCUT2D eigenvalue weighted by molar-refractivity contribution is 0.0441. The molecular formula is C13H19NOS. The number of benzene rings is 1. The molecule has 1 saturated heterocycles. The summed E-state index contributed by atoms with van der Waals surface area (Å²) in [4.78, 5) is 1.34. The molecular weight excluding hydrogens is 218 g/mol. The summed E-state index contributed by atoms with van der Waals surface area (Å²) >= 11 is 1.88. The van der Waals surface area contributed by atoms with E-state index in [1.165, 1.54) is 10.5 Å². The first-order valence-electron chi connectivity index (χ1n) is 5.92. The van der Waals surface area contributed by atoms with E-state index in [-0.39, 0.29) is 0 Å². The van der Waals surface area contributed by atoms with Crippen molar-refractivity contribution in [2.24, 2.45) is 0 Å². The molecule has 0 aliphatic carbocycles. The molecule has 0 radical (unpaired) electrons. The average molecular weight is 237 g/mol. The maximum Gasteiger partial charge on any atom is 0.0793 e. The molecule has 2 nitrogen and oxygen atoms in total. The van der Waals surface area contributed by atoms with Gasteiger partial charge in [0.1, 0.15) is 0 Å². The molecule has 88 valence electrons. The van der Waals surface area contributed by atoms with Crippen LogP contribution in [0.5, 0.6) is 0 Å². The zero-order valence-corrected chi connectivity index (χ0v) is 10.6. The molecule has 0 bridgehead atoms. The van der Waals surface area contributed by atoms with Crippen molar-refractivity contribution in [1.82, 2.24) is 5.32 Å². The van der Waals surface area contributed by atoms with Crippen LogP contribution < -0.4 is 5.32 Å². The Morgan fingerprint density at radius 2 is 2.19 bits per heavy atom. The number of ether oxygens (including phenoxy) is 1. The monoisotopic (exact) mass is 237 g/mol. The third-order valence-corrected chi connectivity index (χ3v) is 3.92. The highest BCUT2D eigenvalue weighted by molar-refractivity contribution is 7.99. The fraction of sp³-hybridized carbons (Fsp3) is 0.538. The molecule has 1 aliphatic heterocycles. The highest BCUT2D eigenvalue weighted by Crippen LogP contribution is 2.20. The molecule has 1 atom stereocenters. The Balaban J connectivity index is 1.79. The van der Waals surface area contributed by atoms with E-state index in [0.29, 0.717) is 6.10 Å². The van der Waals surface area contributed by atoms with E-state index < -0.39 is 0 Å². The van der Waals surface area contributed by atoms with Crippen molar-refractivity contribution < 1.29 is 4.74 Å². The molecule has 0 aromatic heterocycles. The first-order valence-corrected chi connectivity index (χ1v) is 6.91. The minimum atomic E-state index is 0.365. The second-order valence-corrected chi connectivity index (χ2v) is 5.10. The van der Waals surface area contributed by atoms with Gasteiger partial charge < -0.3 is 10.1 Å². The minimum Gasteiger partial charge on any atom is -0.375 e. The number of morpholine rings is 1. The van der Waals surface area contributed by atoms with E-state index in [1.54, 1.807) is 0 Å². The molecule has 0 spiro atoms. The number of nitrogens with one attached hydrogen (secondary N) is 1. The van der Waals surface area contributed by atoms with Crippen molar-refractivity contribution in [2.75, 3.05) is 25.4 Å². The van der Waals surface area contributed by atoms with Gasteiger partial charge in [-0.15, -0.1) is 11.8 Å². The molecule has 1 N–H and O–H groups in total. The summed E-state index contributed by atoms with van der Waals surface area (Å²) in [5.74, 6) is 1.04. The summed E-state index contributed by atoms with van der Waals surface area (Å²) in [5, 5.41) is 3.35. The molecule has 1 aliphatic rings. The minimum absolute atomic E-state index is 0.365. The van der Waals surface area contributed by atoms with Crippen LogP contribution in [0, 0.1) is 0 Å². The summed E-state index contributed by atoms with van der Waals surface area (Å²) in [6.07, 6.45) is 1.48. The van der Waals surface area contributed by atoms with E-state index in [2.05, 4.69) is 36.5 Å². The lowest BCUT2D eigenvalue weighted by Gasteiger charge is -2.23. The molecule has 1 unspecified atom stereocenters. The van der Waals surface area contributed by atoms with E-state index >= 15 is 0 Å². The van der Waals surface area contributed by atoms with Crippen LogP contribution in [-0.2, 0) is 11.2 Å². The van der Waals surface area contributed by atoms with Crippen LogP contribution in [-0.4, -0.2) is 31.6 Å². The van der Waals surface area contributed by atoms with Crippen molar-refractivity contribution in [3.63, 3.8) is 0 Å². The van der Waals surface area contributed by atoms with Gasteiger partial charge in [-0.3, -0.25) is 0 Å². The van der Waals surface area contributed by atoms with Crippen LogP contribution in [0.4, 0.5) is 0 Å². The second kappa shape index (κ2) is 6.28. The lowest BCUT2D eigenvalue weighted by Crippen LogP contribution is -2.39. The van der Waals surface area contributed by atoms with Crippen LogP contribution >= 0.6 is 11.8 Å². The number of hydrogen-bond acceptors (Lipinski definition) is 3. The van der Waals surface area contributed by atoms with Gasteiger partial charge in [-0.1, -0.05) is 19.1 Å². The topological polar surface area (TPSA) is 21.3 Å². The molecule has 1 heterocycles. The number of thioether (sulfide) groups is 1. The number of hydrogen-bond donors (Lipinski definition) is 1. The predicted octanol–water partition coefficient (Wildman–Crippen LogP) is 2.33. The average Bonchev–Trinajstić information content (AvgIpc) is 2.38. The second-order valence-electron chi connectivity index (χ2n) is 4.01. The molecule has 2 rings (SSSR count). The first kappa shape index (κ1) is 12.0. The van der Waals surface area contributed by atoms with Crippen molar-refractivity contribution in [3.05, 3.63) is 29.8 Å². The van der Waals surface area contributed by atoms with E-state index in [4.69, 9.17) is 4.74 Å². The van der Waals surface area contributed by atoms with Crippen LogP contribution in [0.25, 0.3) is 0 Å². The Kier molecular flexibility index (Phi) is 4.69. The van der Waals surface area contributed by atoms with E-state index in [0.717, 1.165) is 31.9 Å². The zero-order chi connectivity index (χ0) is 11.2. The van der Waals surface area contributed by atoms with Crippen LogP contribution in [0.2, 0.25) is 0 Å². The van der Waals surface area contributed by atoms with Crippen molar-refractivity contribution >= 4 is 11.8 Å². The first-order chi connectivity index (χ1) is 7.88. The molecule has 16 heavy (non-hydrogen) atoms. The van der Waals surface area contributed by atoms with Gasteiger partial charge in [0.15, 0.2) is 0 Å². The lowest BCUT2D eigenvalue weighted by atomic mass is 10.2. The van der Waals surface area contributed by atoms with Crippen molar-refractivity contribution in [2.45, 2.75) is 24.3 Å². The maximum absolute atomic E-state index is 5.66. The van der Waals surface area contributed by atoms with E-state index in [1.807, 2.05) is 11.8 Å². The van der Waals surface area contributed by atoms with Gasteiger partial charge in [0.2, 0.25) is 0 Å². The van der Waals surface area contributed by atoms with Crippen molar-refractivity contribution in [1.29, 1.82) is 0 Å². The summed E-state index contributed by atoms with van der Waals surface area (Å²) in [5.41, 5.74) is 1.40. The molecule has 0 amide bonds. The Morgan fingerprint density at radius 3 is 2.81 bits per heavy atom. The highest BCUT2D eigenvalue weighted by Gasteiger charge is 2.13. The van der Waals surface area contributed by atoms with Gasteiger partial charge >= 0.3 is 0 Å². The van der Waals surface area contributed by atoms with E-state index in [9.17, 15) is 0 Å². The van der Waals surface area contributed by atoms with Crippen molar-refractivity contribution in [3.8, 4) is 0 Å². The van der Waals surface area contributed by atoms with Gasteiger partial charge in [0.25, 0.3) is 0 Å². The Labute approximate surface area is 102 Å². The zero-order valence-electron chi connectivity index (χ0n) is 9.74. The molecule has 3 heteroatoms. The maximum atomic E-state index is 5.66. The molecule has 0 saturated carbocycles. The van der Waals surface area contributed by atoms with Gasteiger partial charge in [-0.2, -0.15) is 0 Å². The smallest absolute Gasteiger partial charge is 0.0793 e. The van der Waals surface area contributed by atoms with Crippen LogP contribution in [0.1, 0.15) is 12.5 Å².